The van der Waals surface area contributed by atoms with Gasteiger partial charge in [-0.3, -0.25) is 0 Å². The van der Waals surface area contributed by atoms with Crippen LogP contribution in [0.1, 0.15) is 11.8 Å². The maximum atomic E-state index is 11.4. The van der Waals surface area contributed by atoms with Crippen LogP contribution in [-0.2, 0) is 28.9 Å². The number of rotatable bonds is 5. The fourth-order valence-electron chi connectivity index (χ4n) is 1.76. The number of hydrogen-bond donors (Lipinski definition) is 0. The van der Waals surface area contributed by atoms with Gasteiger partial charge >= 0.3 is 0 Å². The van der Waals surface area contributed by atoms with Crippen LogP contribution in [0.2, 0.25) is 0 Å². The van der Waals surface area contributed by atoms with Gasteiger partial charge in [0.2, 0.25) is 0 Å². The Hall–Kier alpha value is -1.58. The van der Waals surface area contributed by atoms with E-state index in [-0.39, 0.29) is 11.6 Å². The molecule has 0 aromatic heterocycles. The number of sulfone groups is 1. The highest BCUT2D eigenvalue weighted by Crippen LogP contribution is 2.28. The highest BCUT2D eigenvalue weighted by Gasteiger charge is 2.24. The van der Waals surface area contributed by atoms with E-state index in [1.807, 2.05) is 0 Å². The molecule has 21 heavy (non-hydrogen) atoms. The van der Waals surface area contributed by atoms with Crippen LogP contribution in [-0.4, -0.2) is 41.0 Å². The van der Waals surface area contributed by atoms with Gasteiger partial charge in [0.1, 0.15) is 13.0 Å². The maximum Gasteiger partial charge on any atom is 0.266 e. The molecule has 9 heteroatoms. The molecule has 116 valence electrons. The van der Waals surface area contributed by atoms with E-state index in [9.17, 15) is 16.8 Å². The molecule has 0 saturated heterocycles. The second-order valence-electron chi connectivity index (χ2n) is 4.58. The number of ether oxygens (including phenoxy) is 1. The summed E-state index contributed by atoms with van der Waals surface area (Å²) in [5, 5.41) is 0. The van der Waals surface area contributed by atoms with E-state index in [0.29, 0.717) is 5.56 Å². The van der Waals surface area contributed by atoms with Crippen molar-refractivity contribution < 1.29 is 25.8 Å². The van der Waals surface area contributed by atoms with Crippen molar-refractivity contribution >= 4 is 20.0 Å². The first-order valence-corrected chi connectivity index (χ1v) is 9.60. The molecule has 0 N–H and O–H groups in total. The number of nitrogens with zero attached hydrogens (tertiary/aromatic N) is 1. The van der Waals surface area contributed by atoms with E-state index in [1.54, 1.807) is 18.3 Å². The van der Waals surface area contributed by atoms with Gasteiger partial charge in [0.25, 0.3) is 10.1 Å². The Kier molecular flexibility index (Phi) is 4.26. The summed E-state index contributed by atoms with van der Waals surface area (Å²) in [7, 11) is -6.81. The molecule has 0 amide bonds. The van der Waals surface area contributed by atoms with Gasteiger partial charge in [-0.15, -0.1) is 0 Å². The molecule has 1 aromatic carbocycles. The van der Waals surface area contributed by atoms with Gasteiger partial charge in [0.15, 0.2) is 16.1 Å². The Labute approximate surface area is 123 Å². The van der Waals surface area contributed by atoms with E-state index >= 15 is 0 Å². The van der Waals surface area contributed by atoms with Crippen molar-refractivity contribution in [3.63, 3.8) is 0 Å². The summed E-state index contributed by atoms with van der Waals surface area (Å²) in [6, 6.07) is 6.17. The largest absolute Gasteiger partial charge is 0.472 e. The standard InChI is InChI=1S/C12H15NO6S2/c1-20(14,15)11-5-3-10(4-6-11)12-13(7-8-18-12)9-19-21(2,16)17/h3-8,12H,9H2,1-2H3. The van der Waals surface area contributed by atoms with Crippen molar-refractivity contribution in [1.29, 1.82) is 0 Å². The third-order valence-corrected chi connectivity index (χ3v) is 4.43. The molecule has 1 aliphatic heterocycles. The van der Waals surface area contributed by atoms with Crippen molar-refractivity contribution in [3.05, 3.63) is 42.3 Å². The second kappa shape index (κ2) is 5.66. The quantitative estimate of drug-likeness (QED) is 0.737. The van der Waals surface area contributed by atoms with Gasteiger partial charge in [-0.1, -0.05) is 12.1 Å². The zero-order valence-electron chi connectivity index (χ0n) is 11.5. The molecule has 1 aliphatic rings. The fraction of sp³-hybridized carbons (Fsp3) is 0.333. The maximum absolute atomic E-state index is 11.4. The Balaban J connectivity index is 2.14. The van der Waals surface area contributed by atoms with Crippen molar-refractivity contribution in [1.82, 2.24) is 4.90 Å². The van der Waals surface area contributed by atoms with Crippen LogP contribution in [0.4, 0.5) is 0 Å². The molecule has 0 radical (unpaired) electrons. The summed E-state index contributed by atoms with van der Waals surface area (Å²) in [5.41, 5.74) is 0.685. The van der Waals surface area contributed by atoms with E-state index in [2.05, 4.69) is 0 Å². The monoisotopic (exact) mass is 333 g/mol. The lowest BCUT2D eigenvalue weighted by atomic mass is 10.2. The zero-order chi connectivity index (χ0) is 15.7. The SMILES string of the molecule is CS(=O)(=O)OCN1C=COC1c1ccc(S(C)(=O)=O)cc1. The second-order valence-corrected chi connectivity index (χ2v) is 8.24. The summed E-state index contributed by atoms with van der Waals surface area (Å²) >= 11 is 0. The molecule has 0 fully saturated rings. The first kappa shape index (κ1) is 15.8. The predicted molar refractivity (Wildman–Crippen MR) is 75.2 cm³/mol. The number of benzene rings is 1. The highest BCUT2D eigenvalue weighted by molar-refractivity contribution is 7.90. The van der Waals surface area contributed by atoms with E-state index in [1.165, 1.54) is 23.3 Å². The van der Waals surface area contributed by atoms with Crippen molar-refractivity contribution in [2.75, 3.05) is 19.2 Å². The summed E-state index contributed by atoms with van der Waals surface area (Å²) in [5.74, 6) is 0. The van der Waals surface area contributed by atoms with Crippen LogP contribution in [0.5, 0.6) is 0 Å². The van der Waals surface area contributed by atoms with Gasteiger partial charge < -0.3 is 9.64 Å². The van der Waals surface area contributed by atoms with Gasteiger partial charge in [-0.2, -0.15) is 8.42 Å². The predicted octanol–water partition coefficient (Wildman–Crippen LogP) is 0.826. The summed E-state index contributed by atoms with van der Waals surface area (Å²) in [4.78, 5) is 1.74. The summed E-state index contributed by atoms with van der Waals surface area (Å²) in [6.07, 6.45) is 4.51. The lowest BCUT2D eigenvalue weighted by Crippen LogP contribution is -2.25. The Morgan fingerprint density at radius 1 is 1.14 bits per heavy atom. The van der Waals surface area contributed by atoms with Gasteiger partial charge in [-0.25, -0.2) is 12.6 Å². The molecule has 0 saturated carbocycles. The molecule has 0 spiro atoms. The topological polar surface area (TPSA) is 90.0 Å². The minimum atomic E-state index is -3.55. The van der Waals surface area contributed by atoms with Crippen LogP contribution in [0, 0.1) is 0 Å². The van der Waals surface area contributed by atoms with Crippen LogP contribution < -0.4 is 0 Å². The Morgan fingerprint density at radius 2 is 1.76 bits per heavy atom. The molecule has 1 atom stereocenters. The van der Waals surface area contributed by atoms with E-state index in [4.69, 9.17) is 8.92 Å². The third-order valence-electron chi connectivity index (χ3n) is 2.77. The average molecular weight is 333 g/mol. The lowest BCUT2D eigenvalue weighted by molar-refractivity contribution is 0.0171. The molecule has 1 unspecified atom stereocenters. The molecular formula is C12H15NO6S2. The third kappa shape index (κ3) is 4.19. The van der Waals surface area contributed by atoms with Gasteiger partial charge in [0, 0.05) is 18.0 Å². The fourth-order valence-corrected chi connectivity index (χ4v) is 2.70. The molecule has 1 heterocycles. The summed E-state index contributed by atoms with van der Waals surface area (Å²) in [6.45, 7) is -0.187. The van der Waals surface area contributed by atoms with Crippen LogP contribution in [0.15, 0.2) is 41.6 Å². The molecule has 0 bridgehead atoms. The average Bonchev–Trinajstić information content (AvgIpc) is 2.83. The minimum Gasteiger partial charge on any atom is -0.472 e. The van der Waals surface area contributed by atoms with Crippen molar-refractivity contribution in [3.8, 4) is 0 Å². The zero-order valence-corrected chi connectivity index (χ0v) is 13.1. The Bertz CT molecular complexity index is 736. The lowest BCUT2D eigenvalue weighted by Gasteiger charge is -2.23. The smallest absolute Gasteiger partial charge is 0.266 e. The van der Waals surface area contributed by atoms with Crippen LogP contribution in [0.3, 0.4) is 0 Å². The van der Waals surface area contributed by atoms with Crippen molar-refractivity contribution in [2.45, 2.75) is 11.1 Å². The normalized spacial score (nSPS) is 18.8. The minimum absolute atomic E-state index is 0.187. The first-order valence-electron chi connectivity index (χ1n) is 5.89. The van der Waals surface area contributed by atoms with E-state index in [0.717, 1.165) is 12.5 Å². The van der Waals surface area contributed by atoms with Crippen molar-refractivity contribution in [2.24, 2.45) is 0 Å². The van der Waals surface area contributed by atoms with Gasteiger partial charge in [0.05, 0.1) is 11.2 Å². The van der Waals surface area contributed by atoms with Gasteiger partial charge in [-0.05, 0) is 12.1 Å². The molecule has 1 aromatic rings. The van der Waals surface area contributed by atoms with Crippen LogP contribution >= 0.6 is 0 Å². The van der Waals surface area contributed by atoms with Crippen LogP contribution in [0.25, 0.3) is 0 Å². The van der Waals surface area contributed by atoms with E-state index < -0.39 is 26.2 Å². The Morgan fingerprint density at radius 3 is 2.29 bits per heavy atom. The molecule has 0 aliphatic carbocycles. The molecule has 7 nitrogen and oxygen atoms in total. The summed E-state index contributed by atoms with van der Waals surface area (Å²) < 4.78 is 54.9. The molecular weight excluding hydrogens is 318 g/mol. The highest BCUT2D eigenvalue weighted by atomic mass is 32.2. The number of hydrogen-bond acceptors (Lipinski definition) is 7. The molecule has 2 rings (SSSR count). The first-order chi connectivity index (χ1) is 9.67.